The fourth-order valence-electron chi connectivity index (χ4n) is 3.09. The molecule has 1 heterocycles. The number of fused-ring (bicyclic) bond motifs is 1. The molecule has 0 aliphatic heterocycles. The fourth-order valence-corrected chi connectivity index (χ4v) is 3.09. The Morgan fingerprint density at radius 3 is 3.05 bits per heavy atom. The van der Waals surface area contributed by atoms with Gasteiger partial charge in [-0.2, -0.15) is 0 Å². The number of benzene rings is 1. The number of halogens is 1. The van der Waals surface area contributed by atoms with E-state index in [1.54, 1.807) is 19.1 Å². The van der Waals surface area contributed by atoms with E-state index < -0.39 is 0 Å². The van der Waals surface area contributed by atoms with Crippen molar-refractivity contribution in [2.45, 2.75) is 39.2 Å². The van der Waals surface area contributed by atoms with Crippen LogP contribution in [0.25, 0.3) is 0 Å². The summed E-state index contributed by atoms with van der Waals surface area (Å²) < 4.78 is 18.9. The number of hydrogen-bond donors (Lipinski definition) is 1. The maximum atomic E-state index is 13.9. The monoisotopic (exact) mass is 302 g/mol. The Balaban J connectivity index is 1.77. The molecule has 5 heteroatoms. The van der Waals surface area contributed by atoms with Crippen molar-refractivity contribution in [3.63, 3.8) is 0 Å². The minimum atomic E-state index is -0.184. The van der Waals surface area contributed by atoms with E-state index >= 15 is 0 Å². The molecular formula is C17H19FN2O2. The van der Waals surface area contributed by atoms with Crippen LogP contribution in [-0.4, -0.2) is 11.1 Å². The van der Waals surface area contributed by atoms with Gasteiger partial charge in [-0.25, -0.2) is 4.39 Å². The smallest absolute Gasteiger partial charge is 0.226 e. The van der Waals surface area contributed by atoms with Crippen molar-refractivity contribution in [3.8, 4) is 0 Å². The average Bonchev–Trinajstić information content (AvgIpc) is 2.87. The number of rotatable bonds is 3. The first-order chi connectivity index (χ1) is 10.5. The fraction of sp³-hybridized carbons (Fsp3) is 0.412. The third-order valence-electron chi connectivity index (χ3n) is 4.24. The summed E-state index contributed by atoms with van der Waals surface area (Å²) in [6.45, 7) is 3.87. The second-order valence-corrected chi connectivity index (χ2v) is 5.97. The Morgan fingerprint density at radius 2 is 2.32 bits per heavy atom. The molecule has 1 aliphatic rings. The number of aryl methyl sites for hydroxylation is 1. The topological polar surface area (TPSA) is 55.1 Å². The van der Waals surface area contributed by atoms with Gasteiger partial charge in [0, 0.05) is 6.07 Å². The van der Waals surface area contributed by atoms with Gasteiger partial charge in [0.05, 0.1) is 18.2 Å². The summed E-state index contributed by atoms with van der Waals surface area (Å²) in [5, 5.41) is 6.85. The molecule has 0 spiro atoms. The van der Waals surface area contributed by atoms with E-state index in [4.69, 9.17) is 4.52 Å². The second-order valence-electron chi connectivity index (χ2n) is 5.97. The molecule has 0 bridgehead atoms. The molecule has 2 aromatic rings. The van der Waals surface area contributed by atoms with Gasteiger partial charge in [0.2, 0.25) is 5.91 Å². The average molecular weight is 302 g/mol. The zero-order valence-electron chi connectivity index (χ0n) is 12.7. The predicted octanol–water partition coefficient (Wildman–Crippen LogP) is 3.10. The molecule has 0 saturated heterocycles. The summed E-state index contributed by atoms with van der Waals surface area (Å²) in [6, 6.07) is 6.68. The number of nitrogens with zero attached hydrogens (tertiary/aromatic N) is 1. The van der Waals surface area contributed by atoms with E-state index in [0.29, 0.717) is 11.5 Å². The minimum Gasteiger partial charge on any atom is -0.361 e. The highest BCUT2D eigenvalue weighted by Crippen LogP contribution is 2.35. The highest BCUT2D eigenvalue weighted by Gasteiger charge is 2.29. The largest absolute Gasteiger partial charge is 0.361 e. The molecule has 22 heavy (non-hydrogen) atoms. The van der Waals surface area contributed by atoms with Crippen LogP contribution in [0.4, 0.5) is 4.39 Å². The molecule has 0 saturated carbocycles. The van der Waals surface area contributed by atoms with Crippen molar-refractivity contribution in [1.29, 1.82) is 0 Å². The van der Waals surface area contributed by atoms with Crippen LogP contribution in [-0.2, 0) is 17.6 Å². The lowest BCUT2D eigenvalue weighted by atomic mass is 9.80. The van der Waals surface area contributed by atoms with E-state index in [0.717, 1.165) is 24.0 Å². The third-order valence-corrected chi connectivity index (χ3v) is 4.24. The van der Waals surface area contributed by atoms with Crippen molar-refractivity contribution in [3.05, 3.63) is 52.7 Å². The van der Waals surface area contributed by atoms with Crippen molar-refractivity contribution in [2.75, 3.05) is 0 Å². The van der Waals surface area contributed by atoms with Gasteiger partial charge in [-0.1, -0.05) is 24.2 Å². The maximum absolute atomic E-state index is 13.9. The van der Waals surface area contributed by atoms with Crippen LogP contribution in [0.3, 0.4) is 0 Å². The zero-order valence-corrected chi connectivity index (χ0v) is 12.7. The SMILES string of the molecule is Cc1cc(CC(=O)N[C@@H]2c3cccc(F)c3CC[C@H]2C)no1. The van der Waals surface area contributed by atoms with Crippen molar-refractivity contribution in [2.24, 2.45) is 5.92 Å². The van der Waals surface area contributed by atoms with Gasteiger partial charge in [-0.05, 0) is 42.9 Å². The van der Waals surface area contributed by atoms with E-state index in [2.05, 4.69) is 17.4 Å². The summed E-state index contributed by atoms with van der Waals surface area (Å²) in [5.41, 5.74) is 2.23. The molecule has 1 amide bonds. The Labute approximate surface area is 128 Å². The molecule has 0 fully saturated rings. The molecule has 116 valence electrons. The molecule has 0 unspecified atom stereocenters. The Morgan fingerprint density at radius 1 is 1.50 bits per heavy atom. The normalized spacial score (nSPS) is 20.5. The van der Waals surface area contributed by atoms with Crippen LogP contribution in [0.15, 0.2) is 28.8 Å². The number of aromatic nitrogens is 1. The number of carbonyl (C=O) groups excluding carboxylic acids is 1. The van der Waals surface area contributed by atoms with Crippen LogP contribution >= 0.6 is 0 Å². The first kappa shape index (κ1) is 14.8. The number of hydrogen-bond acceptors (Lipinski definition) is 3. The van der Waals surface area contributed by atoms with Gasteiger partial charge in [0.15, 0.2) is 0 Å². The van der Waals surface area contributed by atoms with Crippen LogP contribution < -0.4 is 5.32 Å². The van der Waals surface area contributed by atoms with Crippen molar-refractivity contribution >= 4 is 5.91 Å². The minimum absolute atomic E-state index is 0.123. The van der Waals surface area contributed by atoms with Crippen LogP contribution in [0, 0.1) is 18.7 Å². The van der Waals surface area contributed by atoms with Gasteiger partial charge in [-0.15, -0.1) is 0 Å². The van der Waals surface area contributed by atoms with Gasteiger partial charge in [0.25, 0.3) is 0 Å². The molecule has 1 N–H and O–H groups in total. The molecule has 1 aromatic heterocycles. The van der Waals surface area contributed by atoms with Crippen LogP contribution in [0.2, 0.25) is 0 Å². The standard InChI is InChI=1S/C17H19FN2O2/c1-10-6-7-13-14(4-3-5-15(13)18)17(10)19-16(21)9-12-8-11(2)22-20-12/h3-5,8,10,17H,6-7,9H2,1-2H3,(H,19,21)/t10-,17+/m1/s1. The van der Waals surface area contributed by atoms with Gasteiger partial charge >= 0.3 is 0 Å². The lowest BCUT2D eigenvalue weighted by Crippen LogP contribution is -2.36. The van der Waals surface area contributed by atoms with Gasteiger partial charge in [-0.3, -0.25) is 4.79 Å². The zero-order chi connectivity index (χ0) is 15.7. The Bertz CT molecular complexity index is 696. The van der Waals surface area contributed by atoms with E-state index in [1.807, 2.05) is 6.07 Å². The van der Waals surface area contributed by atoms with Crippen LogP contribution in [0.1, 0.15) is 42.0 Å². The molecule has 1 aromatic carbocycles. The summed E-state index contributed by atoms with van der Waals surface area (Å²) in [4.78, 5) is 12.2. The number of nitrogens with one attached hydrogen (secondary N) is 1. The van der Waals surface area contributed by atoms with Gasteiger partial charge < -0.3 is 9.84 Å². The van der Waals surface area contributed by atoms with Crippen LogP contribution in [0.5, 0.6) is 0 Å². The van der Waals surface area contributed by atoms with Gasteiger partial charge in [0.1, 0.15) is 11.6 Å². The molecule has 4 nitrogen and oxygen atoms in total. The molecular weight excluding hydrogens is 283 g/mol. The lowest BCUT2D eigenvalue weighted by Gasteiger charge is -2.32. The van der Waals surface area contributed by atoms with Crippen molar-refractivity contribution < 1.29 is 13.7 Å². The quantitative estimate of drug-likeness (QED) is 0.948. The third kappa shape index (κ3) is 2.89. The highest BCUT2D eigenvalue weighted by atomic mass is 19.1. The summed E-state index contributed by atoms with van der Waals surface area (Å²) in [6.07, 6.45) is 1.76. The molecule has 3 rings (SSSR count). The van der Waals surface area contributed by atoms with E-state index in [1.165, 1.54) is 6.07 Å². The number of carbonyl (C=O) groups is 1. The lowest BCUT2D eigenvalue weighted by molar-refractivity contribution is -0.121. The first-order valence-electron chi connectivity index (χ1n) is 7.53. The Kier molecular flexibility index (Phi) is 3.96. The molecule has 1 aliphatic carbocycles. The molecule has 2 atom stereocenters. The molecule has 0 radical (unpaired) electrons. The second kappa shape index (κ2) is 5.91. The summed E-state index contributed by atoms with van der Waals surface area (Å²) in [7, 11) is 0. The van der Waals surface area contributed by atoms with E-state index in [-0.39, 0.29) is 30.1 Å². The predicted molar refractivity (Wildman–Crippen MR) is 79.7 cm³/mol. The van der Waals surface area contributed by atoms with Crippen molar-refractivity contribution in [1.82, 2.24) is 10.5 Å². The first-order valence-corrected chi connectivity index (χ1v) is 7.53. The highest BCUT2D eigenvalue weighted by molar-refractivity contribution is 5.78. The Hall–Kier alpha value is -2.17. The summed E-state index contributed by atoms with van der Waals surface area (Å²) in [5.74, 6) is 0.650. The van der Waals surface area contributed by atoms with E-state index in [9.17, 15) is 9.18 Å². The summed E-state index contributed by atoms with van der Waals surface area (Å²) >= 11 is 0. The number of amides is 1. The maximum Gasteiger partial charge on any atom is 0.226 e.